The molecule has 0 bridgehead atoms. The first-order valence-corrected chi connectivity index (χ1v) is 7.58. The van der Waals surface area contributed by atoms with Crippen molar-refractivity contribution in [2.75, 3.05) is 7.05 Å². The number of benzene rings is 2. The molecule has 0 radical (unpaired) electrons. The summed E-state index contributed by atoms with van der Waals surface area (Å²) in [6, 6.07) is 21.1. The number of hydrogen-bond acceptors (Lipinski definition) is 4. The van der Waals surface area contributed by atoms with Gasteiger partial charge in [-0.25, -0.2) is 10.0 Å². The van der Waals surface area contributed by atoms with Gasteiger partial charge in [-0.15, -0.1) is 0 Å². The van der Waals surface area contributed by atoms with E-state index in [9.17, 15) is 0 Å². The highest BCUT2D eigenvalue weighted by atomic mass is 16.7. The normalized spacial score (nSPS) is 27.5. The second-order valence-corrected chi connectivity index (χ2v) is 6.06. The maximum absolute atomic E-state index is 5.83. The molecular weight excluding hydrogens is 274 g/mol. The van der Waals surface area contributed by atoms with Crippen LogP contribution in [0.15, 0.2) is 65.8 Å². The Bertz CT molecular complexity index is 701. The second kappa shape index (κ2) is 4.85. The predicted molar refractivity (Wildman–Crippen MR) is 85.9 cm³/mol. The highest BCUT2D eigenvalue weighted by molar-refractivity contribution is 5.99. The number of rotatable bonds is 2. The summed E-state index contributed by atoms with van der Waals surface area (Å²) < 4.78 is 0. The van der Waals surface area contributed by atoms with E-state index in [1.54, 1.807) is 0 Å². The van der Waals surface area contributed by atoms with Crippen molar-refractivity contribution in [3.05, 3.63) is 71.8 Å². The molecule has 2 aliphatic heterocycles. The zero-order valence-corrected chi connectivity index (χ0v) is 12.8. The molecule has 0 spiro atoms. The monoisotopic (exact) mass is 293 g/mol. The Morgan fingerprint density at radius 2 is 1.68 bits per heavy atom. The van der Waals surface area contributed by atoms with Gasteiger partial charge in [0.15, 0.2) is 5.84 Å². The van der Waals surface area contributed by atoms with Crippen LogP contribution in [-0.2, 0) is 4.84 Å². The SMILES string of the molecule is CN1[C@@H](c2ccccc2)C[C@]2(C)ON=C(c3ccccc3)N12. The first-order chi connectivity index (χ1) is 10.7. The summed E-state index contributed by atoms with van der Waals surface area (Å²) in [5.74, 6) is 0.879. The van der Waals surface area contributed by atoms with E-state index < -0.39 is 5.72 Å². The van der Waals surface area contributed by atoms with Crippen LogP contribution in [0.3, 0.4) is 0 Å². The fourth-order valence-electron chi connectivity index (χ4n) is 3.45. The van der Waals surface area contributed by atoms with Crippen LogP contribution in [0.2, 0.25) is 0 Å². The van der Waals surface area contributed by atoms with Crippen LogP contribution in [0.1, 0.15) is 30.5 Å². The highest BCUT2D eigenvalue weighted by Crippen LogP contribution is 2.45. The van der Waals surface area contributed by atoms with Gasteiger partial charge in [-0.3, -0.25) is 0 Å². The van der Waals surface area contributed by atoms with Crippen molar-refractivity contribution in [1.29, 1.82) is 0 Å². The molecule has 112 valence electrons. The largest absolute Gasteiger partial charge is 0.364 e. The summed E-state index contributed by atoms with van der Waals surface area (Å²) in [4.78, 5) is 5.83. The molecule has 4 heteroatoms. The van der Waals surface area contributed by atoms with E-state index in [2.05, 4.69) is 71.6 Å². The molecule has 0 aliphatic carbocycles. The fourth-order valence-corrected chi connectivity index (χ4v) is 3.45. The van der Waals surface area contributed by atoms with Crippen molar-refractivity contribution in [3.8, 4) is 0 Å². The van der Waals surface area contributed by atoms with Crippen molar-refractivity contribution in [2.24, 2.45) is 5.16 Å². The Morgan fingerprint density at radius 3 is 2.36 bits per heavy atom. The van der Waals surface area contributed by atoms with Crippen LogP contribution >= 0.6 is 0 Å². The predicted octanol–water partition coefficient (Wildman–Crippen LogP) is 3.39. The molecule has 4 nitrogen and oxygen atoms in total. The van der Waals surface area contributed by atoms with Crippen LogP contribution in [0.25, 0.3) is 0 Å². The molecule has 0 unspecified atom stereocenters. The van der Waals surface area contributed by atoms with Gasteiger partial charge in [-0.05, 0) is 12.5 Å². The van der Waals surface area contributed by atoms with E-state index in [1.807, 2.05) is 18.2 Å². The third kappa shape index (κ3) is 1.91. The molecule has 0 amide bonds. The van der Waals surface area contributed by atoms with Crippen molar-refractivity contribution in [2.45, 2.75) is 25.1 Å². The second-order valence-electron chi connectivity index (χ2n) is 6.06. The molecule has 1 saturated heterocycles. The summed E-state index contributed by atoms with van der Waals surface area (Å²) in [7, 11) is 2.11. The Hall–Kier alpha value is -2.33. The summed E-state index contributed by atoms with van der Waals surface area (Å²) in [5.41, 5.74) is 1.96. The standard InChI is InChI=1S/C18H19N3O/c1-18-13-16(14-9-5-3-6-10-14)20(2)21(18)17(19-22-18)15-11-7-4-8-12-15/h3-12,16H,13H2,1-2H3/t16-,18+/m1/s1. The Balaban J connectivity index is 1.70. The molecule has 0 aromatic heterocycles. The van der Waals surface area contributed by atoms with E-state index >= 15 is 0 Å². The highest BCUT2D eigenvalue weighted by Gasteiger charge is 2.54. The van der Waals surface area contributed by atoms with Crippen LogP contribution in [0.4, 0.5) is 0 Å². The number of oxime groups is 1. The first-order valence-electron chi connectivity index (χ1n) is 7.58. The molecule has 22 heavy (non-hydrogen) atoms. The average Bonchev–Trinajstić information content (AvgIpc) is 3.03. The van der Waals surface area contributed by atoms with Gasteiger partial charge in [0.25, 0.3) is 0 Å². The van der Waals surface area contributed by atoms with E-state index in [0.29, 0.717) is 6.04 Å². The Morgan fingerprint density at radius 1 is 1.05 bits per heavy atom. The quantitative estimate of drug-likeness (QED) is 0.849. The van der Waals surface area contributed by atoms with E-state index in [4.69, 9.17) is 4.84 Å². The average molecular weight is 293 g/mol. The minimum Gasteiger partial charge on any atom is -0.364 e. The molecule has 2 aromatic rings. The minimum absolute atomic E-state index is 0.292. The zero-order chi connectivity index (χ0) is 15.2. The zero-order valence-electron chi connectivity index (χ0n) is 12.8. The lowest BCUT2D eigenvalue weighted by atomic mass is 10.0. The topological polar surface area (TPSA) is 28.1 Å². The lowest BCUT2D eigenvalue weighted by molar-refractivity contribution is -0.107. The van der Waals surface area contributed by atoms with Crippen molar-refractivity contribution < 1.29 is 4.84 Å². The molecule has 0 N–H and O–H groups in total. The van der Waals surface area contributed by atoms with Crippen LogP contribution < -0.4 is 0 Å². The Kier molecular flexibility index (Phi) is 2.94. The van der Waals surface area contributed by atoms with E-state index in [1.165, 1.54) is 5.56 Å². The van der Waals surface area contributed by atoms with Gasteiger partial charge < -0.3 is 4.84 Å². The van der Waals surface area contributed by atoms with Crippen molar-refractivity contribution in [3.63, 3.8) is 0 Å². The summed E-state index contributed by atoms with van der Waals surface area (Å²) in [5, 5.41) is 8.77. The minimum atomic E-state index is -0.416. The Labute approximate surface area is 130 Å². The van der Waals surface area contributed by atoms with Crippen LogP contribution in [0, 0.1) is 0 Å². The number of amidine groups is 1. The number of hydrazine groups is 1. The van der Waals surface area contributed by atoms with E-state index in [0.717, 1.165) is 17.8 Å². The molecule has 2 atom stereocenters. The molecule has 2 heterocycles. The van der Waals surface area contributed by atoms with Gasteiger partial charge in [0.05, 0.1) is 6.04 Å². The van der Waals surface area contributed by atoms with E-state index in [-0.39, 0.29) is 0 Å². The molecule has 4 rings (SSSR count). The molecular formula is C18H19N3O. The van der Waals surface area contributed by atoms with Gasteiger partial charge in [-0.2, -0.15) is 0 Å². The smallest absolute Gasteiger partial charge is 0.223 e. The summed E-state index contributed by atoms with van der Waals surface area (Å²) in [6.07, 6.45) is 0.882. The van der Waals surface area contributed by atoms with Crippen molar-refractivity contribution in [1.82, 2.24) is 10.0 Å². The summed E-state index contributed by atoms with van der Waals surface area (Å²) >= 11 is 0. The van der Waals surface area contributed by atoms with Crippen LogP contribution in [0.5, 0.6) is 0 Å². The third-order valence-corrected chi connectivity index (χ3v) is 4.53. The van der Waals surface area contributed by atoms with Crippen LogP contribution in [-0.4, -0.2) is 28.6 Å². The van der Waals surface area contributed by atoms with Gasteiger partial charge in [0.1, 0.15) is 0 Å². The van der Waals surface area contributed by atoms with Gasteiger partial charge >= 0.3 is 0 Å². The number of hydrogen-bond donors (Lipinski definition) is 0. The molecule has 2 aromatic carbocycles. The number of nitrogens with zero attached hydrogens (tertiary/aromatic N) is 3. The maximum atomic E-state index is 5.83. The summed E-state index contributed by atoms with van der Waals surface area (Å²) in [6.45, 7) is 2.10. The maximum Gasteiger partial charge on any atom is 0.223 e. The van der Waals surface area contributed by atoms with Crippen molar-refractivity contribution >= 4 is 5.84 Å². The van der Waals surface area contributed by atoms with Gasteiger partial charge in [0, 0.05) is 19.0 Å². The number of fused-ring (bicyclic) bond motifs is 1. The van der Waals surface area contributed by atoms with Gasteiger partial charge in [-0.1, -0.05) is 65.8 Å². The molecule has 1 fully saturated rings. The molecule has 2 aliphatic rings. The molecule has 0 saturated carbocycles. The fraction of sp³-hybridized carbons (Fsp3) is 0.278. The lowest BCUT2D eigenvalue weighted by Gasteiger charge is -2.32. The van der Waals surface area contributed by atoms with Gasteiger partial charge in [0.2, 0.25) is 5.72 Å². The lowest BCUT2D eigenvalue weighted by Crippen LogP contribution is -2.47. The first kappa shape index (κ1) is 13.3. The third-order valence-electron chi connectivity index (χ3n) is 4.53.